The first kappa shape index (κ1) is 16.1. The molecule has 14 heavy (non-hydrogen) atoms. The Labute approximate surface area is 98.1 Å². The summed E-state index contributed by atoms with van der Waals surface area (Å²) >= 11 is 0. The van der Waals surface area contributed by atoms with Crippen LogP contribution in [0.5, 0.6) is 0 Å². The van der Waals surface area contributed by atoms with Gasteiger partial charge in [0.15, 0.2) is 0 Å². The minimum atomic E-state index is 0. The topological polar surface area (TPSA) is 38.9 Å². The molecule has 1 unspecified atom stereocenters. The summed E-state index contributed by atoms with van der Waals surface area (Å²) in [5.74, 6) is 0.627. The van der Waals surface area contributed by atoms with Crippen LogP contribution in [-0.4, -0.2) is 4.98 Å². The predicted octanol–water partition coefficient (Wildman–Crippen LogP) is 2.97. The van der Waals surface area contributed by atoms with Crippen LogP contribution in [0.1, 0.15) is 32.0 Å². The average molecular weight is 237 g/mol. The van der Waals surface area contributed by atoms with E-state index in [1.54, 1.807) is 6.20 Å². The molecule has 4 heteroatoms. The van der Waals surface area contributed by atoms with Crippen LogP contribution in [-0.2, 0) is 0 Å². The van der Waals surface area contributed by atoms with Crippen molar-refractivity contribution in [2.24, 2.45) is 11.7 Å². The van der Waals surface area contributed by atoms with Crippen molar-refractivity contribution in [1.82, 2.24) is 4.98 Å². The predicted molar refractivity (Wildman–Crippen MR) is 65.1 cm³/mol. The first-order valence-electron chi connectivity index (χ1n) is 4.36. The lowest BCUT2D eigenvalue weighted by Crippen LogP contribution is -2.13. The van der Waals surface area contributed by atoms with E-state index < -0.39 is 0 Å². The van der Waals surface area contributed by atoms with Crippen LogP contribution in [0.4, 0.5) is 0 Å². The molecule has 82 valence electrons. The van der Waals surface area contributed by atoms with Crippen molar-refractivity contribution in [1.29, 1.82) is 0 Å². The van der Waals surface area contributed by atoms with Gasteiger partial charge in [0.05, 0.1) is 5.69 Å². The third kappa shape index (κ3) is 5.43. The van der Waals surface area contributed by atoms with Gasteiger partial charge in [-0.15, -0.1) is 24.8 Å². The van der Waals surface area contributed by atoms with Gasteiger partial charge in [-0.05, 0) is 24.5 Å². The van der Waals surface area contributed by atoms with Gasteiger partial charge >= 0.3 is 0 Å². The number of rotatable bonds is 3. The third-order valence-electron chi connectivity index (χ3n) is 1.79. The van der Waals surface area contributed by atoms with Crippen LogP contribution in [0.25, 0.3) is 0 Å². The Balaban J connectivity index is 0. The molecule has 1 heterocycles. The van der Waals surface area contributed by atoms with E-state index in [0.29, 0.717) is 5.92 Å². The van der Waals surface area contributed by atoms with E-state index >= 15 is 0 Å². The van der Waals surface area contributed by atoms with Gasteiger partial charge in [0.25, 0.3) is 0 Å². The fraction of sp³-hybridized carbons (Fsp3) is 0.500. The van der Waals surface area contributed by atoms with Crippen molar-refractivity contribution < 1.29 is 0 Å². The highest BCUT2D eigenvalue weighted by Crippen LogP contribution is 2.15. The average Bonchev–Trinajstić information content (AvgIpc) is 2.05. The molecule has 0 spiro atoms. The van der Waals surface area contributed by atoms with Gasteiger partial charge in [0, 0.05) is 12.2 Å². The smallest absolute Gasteiger partial charge is 0.0571 e. The SMILES string of the molecule is CC(C)CC(N)c1ccccn1.Cl.Cl. The van der Waals surface area contributed by atoms with Crippen molar-refractivity contribution in [3.8, 4) is 0 Å². The van der Waals surface area contributed by atoms with Crippen LogP contribution in [0.3, 0.4) is 0 Å². The lowest BCUT2D eigenvalue weighted by Gasteiger charge is -2.12. The molecule has 1 atom stereocenters. The van der Waals surface area contributed by atoms with E-state index in [4.69, 9.17) is 5.73 Å². The second kappa shape index (κ2) is 8.04. The number of hydrogen-bond acceptors (Lipinski definition) is 2. The Morgan fingerprint density at radius 2 is 1.93 bits per heavy atom. The van der Waals surface area contributed by atoms with Gasteiger partial charge in [-0.1, -0.05) is 19.9 Å². The molecular weight excluding hydrogens is 219 g/mol. The van der Waals surface area contributed by atoms with E-state index in [0.717, 1.165) is 12.1 Å². The van der Waals surface area contributed by atoms with Crippen LogP contribution >= 0.6 is 24.8 Å². The normalized spacial score (nSPS) is 11.4. The van der Waals surface area contributed by atoms with E-state index in [2.05, 4.69) is 18.8 Å². The Morgan fingerprint density at radius 1 is 1.29 bits per heavy atom. The molecule has 1 rings (SSSR count). The Kier molecular flexibility index (Phi) is 9.26. The fourth-order valence-corrected chi connectivity index (χ4v) is 1.22. The summed E-state index contributed by atoms with van der Waals surface area (Å²) in [6, 6.07) is 5.95. The van der Waals surface area contributed by atoms with E-state index in [1.165, 1.54) is 0 Å². The molecule has 0 aliphatic heterocycles. The lowest BCUT2D eigenvalue weighted by atomic mass is 10.0. The largest absolute Gasteiger partial charge is 0.323 e. The standard InChI is InChI=1S/C10H16N2.2ClH/c1-8(2)7-9(11)10-5-3-4-6-12-10;;/h3-6,8-9H,7,11H2,1-2H3;2*1H. The zero-order chi connectivity index (χ0) is 8.97. The Hall–Kier alpha value is -0.310. The molecule has 0 saturated heterocycles. The van der Waals surface area contributed by atoms with Crippen molar-refractivity contribution >= 4 is 24.8 Å². The quantitative estimate of drug-likeness (QED) is 0.877. The van der Waals surface area contributed by atoms with Crippen molar-refractivity contribution in [2.75, 3.05) is 0 Å². The zero-order valence-corrected chi connectivity index (χ0v) is 10.1. The second-order valence-electron chi connectivity index (χ2n) is 3.49. The molecule has 2 nitrogen and oxygen atoms in total. The summed E-state index contributed by atoms with van der Waals surface area (Å²) in [6.07, 6.45) is 2.78. The highest BCUT2D eigenvalue weighted by atomic mass is 35.5. The summed E-state index contributed by atoms with van der Waals surface area (Å²) in [5, 5.41) is 0. The van der Waals surface area contributed by atoms with Crippen molar-refractivity contribution in [3.05, 3.63) is 30.1 Å². The molecule has 0 radical (unpaired) electrons. The fourth-order valence-electron chi connectivity index (χ4n) is 1.22. The van der Waals surface area contributed by atoms with Gasteiger partial charge in [-0.25, -0.2) is 0 Å². The number of nitrogens with two attached hydrogens (primary N) is 1. The monoisotopic (exact) mass is 236 g/mol. The van der Waals surface area contributed by atoms with Gasteiger partial charge in [0.2, 0.25) is 0 Å². The molecule has 0 aromatic carbocycles. The molecule has 0 saturated carbocycles. The first-order chi connectivity index (χ1) is 5.70. The minimum absolute atomic E-state index is 0. The van der Waals surface area contributed by atoms with Crippen molar-refractivity contribution in [2.45, 2.75) is 26.3 Å². The summed E-state index contributed by atoms with van der Waals surface area (Å²) in [7, 11) is 0. The number of nitrogens with zero attached hydrogens (tertiary/aromatic N) is 1. The maximum absolute atomic E-state index is 5.93. The van der Waals surface area contributed by atoms with Crippen LogP contribution in [0, 0.1) is 5.92 Å². The van der Waals surface area contributed by atoms with Crippen molar-refractivity contribution in [3.63, 3.8) is 0 Å². The summed E-state index contributed by atoms with van der Waals surface area (Å²) in [6.45, 7) is 4.34. The molecule has 0 fully saturated rings. The summed E-state index contributed by atoms with van der Waals surface area (Å²) in [5.41, 5.74) is 6.93. The number of aromatic nitrogens is 1. The molecule has 2 N–H and O–H groups in total. The first-order valence-corrected chi connectivity index (χ1v) is 4.36. The molecule has 1 aromatic heterocycles. The molecule has 0 bridgehead atoms. The Bertz CT molecular complexity index is 227. The highest BCUT2D eigenvalue weighted by Gasteiger charge is 2.07. The molecule has 0 aliphatic carbocycles. The van der Waals surface area contributed by atoms with E-state index in [-0.39, 0.29) is 30.9 Å². The maximum atomic E-state index is 5.93. The Morgan fingerprint density at radius 3 is 2.36 bits per heavy atom. The molecule has 0 aliphatic rings. The van der Waals surface area contributed by atoms with Crippen LogP contribution in [0.15, 0.2) is 24.4 Å². The van der Waals surface area contributed by atoms with Gasteiger partial charge in [0.1, 0.15) is 0 Å². The third-order valence-corrected chi connectivity index (χ3v) is 1.79. The van der Waals surface area contributed by atoms with Gasteiger partial charge in [-0.3, -0.25) is 4.98 Å². The van der Waals surface area contributed by atoms with Gasteiger partial charge in [-0.2, -0.15) is 0 Å². The second-order valence-corrected chi connectivity index (χ2v) is 3.49. The van der Waals surface area contributed by atoms with E-state index in [9.17, 15) is 0 Å². The van der Waals surface area contributed by atoms with Crippen LogP contribution < -0.4 is 5.73 Å². The minimum Gasteiger partial charge on any atom is -0.323 e. The number of hydrogen-bond donors (Lipinski definition) is 1. The lowest BCUT2D eigenvalue weighted by molar-refractivity contribution is 0.502. The van der Waals surface area contributed by atoms with E-state index in [1.807, 2.05) is 18.2 Å². The number of halogens is 2. The molecule has 1 aromatic rings. The molecule has 0 amide bonds. The summed E-state index contributed by atoms with van der Waals surface area (Å²) < 4.78 is 0. The maximum Gasteiger partial charge on any atom is 0.0571 e. The van der Waals surface area contributed by atoms with Crippen LogP contribution in [0.2, 0.25) is 0 Å². The number of pyridine rings is 1. The zero-order valence-electron chi connectivity index (χ0n) is 8.51. The summed E-state index contributed by atoms with van der Waals surface area (Å²) in [4.78, 5) is 4.21. The molecular formula is C10H18Cl2N2. The highest BCUT2D eigenvalue weighted by molar-refractivity contribution is 5.85. The van der Waals surface area contributed by atoms with Gasteiger partial charge < -0.3 is 5.73 Å².